The number of carbonyl (C=O) groups is 1. The first-order valence-electron chi connectivity index (χ1n) is 6.61. The fourth-order valence-corrected chi connectivity index (χ4v) is 3.72. The van der Waals surface area contributed by atoms with Crippen LogP contribution in [0.3, 0.4) is 0 Å². The van der Waals surface area contributed by atoms with Crippen LogP contribution in [0.25, 0.3) is 0 Å². The first-order chi connectivity index (χ1) is 8.39. The molecular formula is C12H23NO4S. The average Bonchev–Trinajstić information content (AvgIpc) is 2.42. The van der Waals surface area contributed by atoms with E-state index in [1.807, 2.05) is 0 Å². The zero-order valence-corrected chi connectivity index (χ0v) is 11.7. The summed E-state index contributed by atoms with van der Waals surface area (Å²) in [6.45, 7) is 2.20. The summed E-state index contributed by atoms with van der Waals surface area (Å²) in [6.07, 6.45) is 5.14. The molecule has 2 unspecified atom stereocenters. The lowest BCUT2D eigenvalue weighted by atomic mass is 10.0. The maximum atomic E-state index is 11.8. The second-order valence-corrected chi connectivity index (χ2v) is 7.12. The van der Waals surface area contributed by atoms with Gasteiger partial charge in [-0.2, -0.15) is 0 Å². The number of aliphatic carboxylic acids is 1. The lowest BCUT2D eigenvalue weighted by Gasteiger charge is -2.16. The molecule has 1 rings (SSSR count). The summed E-state index contributed by atoms with van der Waals surface area (Å²) in [4.78, 5) is 10.3. The van der Waals surface area contributed by atoms with Crippen LogP contribution in [0.1, 0.15) is 51.9 Å². The van der Waals surface area contributed by atoms with Gasteiger partial charge in [-0.1, -0.05) is 19.8 Å². The Balaban J connectivity index is 2.37. The van der Waals surface area contributed by atoms with Gasteiger partial charge in [0.1, 0.15) is 0 Å². The van der Waals surface area contributed by atoms with E-state index in [4.69, 9.17) is 5.11 Å². The normalized spacial score (nSPS) is 25.6. The Kier molecular flexibility index (Phi) is 6.08. The van der Waals surface area contributed by atoms with Crippen molar-refractivity contribution >= 4 is 16.0 Å². The highest BCUT2D eigenvalue weighted by molar-refractivity contribution is 7.89. The summed E-state index contributed by atoms with van der Waals surface area (Å²) in [6, 6.07) is 0.0322. The van der Waals surface area contributed by atoms with Gasteiger partial charge in [0, 0.05) is 12.5 Å². The van der Waals surface area contributed by atoms with E-state index in [1.54, 1.807) is 0 Å². The first kappa shape index (κ1) is 15.4. The monoisotopic (exact) mass is 277 g/mol. The maximum absolute atomic E-state index is 11.8. The fourth-order valence-electron chi connectivity index (χ4n) is 2.33. The summed E-state index contributed by atoms with van der Waals surface area (Å²) >= 11 is 0. The quantitative estimate of drug-likeness (QED) is 0.724. The summed E-state index contributed by atoms with van der Waals surface area (Å²) in [5, 5.41) is 8.48. The van der Waals surface area contributed by atoms with Crippen molar-refractivity contribution in [1.82, 2.24) is 4.72 Å². The van der Waals surface area contributed by atoms with Crippen molar-refractivity contribution in [1.29, 1.82) is 0 Å². The Hall–Kier alpha value is -0.620. The molecule has 0 radical (unpaired) electrons. The average molecular weight is 277 g/mol. The molecule has 0 bridgehead atoms. The van der Waals surface area contributed by atoms with E-state index < -0.39 is 16.0 Å². The molecule has 0 aromatic rings. The smallest absolute Gasteiger partial charge is 0.303 e. The molecule has 0 aromatic heterocycles. The van der Waals surface area contributed by atoms with Gasteiger partial charge >= 0.3 is 5.97 Å². The van der Waals surface area contributed by atoms with E-state index in [1.165, 1.54) is 0 Å². The molecule has 1 fully saturated rings. The Bertz CT molecular complexity index is 366. The molecule has 18 heavy (non-hydrogen) atoms. The Morgan fingerprint density at radius 3 is 2.67 bits per heavy atom. The minimum absolute atomic E-state index is 0.0322. The van der Waals surface area contributed by atoms with Crippen LogP contribution in [0.15, 0.2) is 0 Å². The molecule has 1 saturated carbocycles. The number of nitrogens with one attached hydrogen (secondary N) is 1. The minimum Gasteiger partial charge on any atom is -0.481 e. The molecule has 2 N–H and O–H groups in total. The van der Waals surface area contributed by atoms with E-state index in [0.29, 0.717) is 5.92 Å². The molecule has 1 aliphatic rings. The first-order valence-corrected chi connectivity index (χ1v) is 8.26. The van der Waals surface area contributed by atoms with Crippen LogP contribution in [0.2, 0.25) is 0 Å². The van der Waals surface area contributed by atoms with Crippen molar-refractivity contribution in [2.75, 3.05) is 5.75 Å². The van der Waals surface area contributed by atoms with Crippen LogP contribution in [-0.4, -0.2) is 31.3 Å². The number of sulfonamides is 1. The molecule has 0 aliphatic heterocycles. The van der Waals surface area contributed by atoms with E-state index in [-0.39, 0.29) is 24.6 Å². The van der Waals surface area contributed by atoms with Crippen molar-refractivity contribution in [3.63, 3.8) is 0 Å². The van der Waals surface area contributed by atoms with E-state index >= 15 is 0 Å². The lowest BCUT2D eigenvalue weighted by Crippen LogP contribution is -2.36. The van der Waals surface area contributed by atoms with Gasteiger partial charge in [-0.25, -0.2) is 13.1 Å². The van der Waals surface area contributed by atoms with Crippen LogP contribution < -0.4 is 4.72 Å². The van der Waals surface area contributed by atoms with Gasteiger partial charge in [0.2, 0.25) is 10.0 Å². The molecule has 0 amide bonds. The second kappa shape index (κ2) is 7.09. The van der Waals surface area contributed by atoms with Gasteiger partial charge < -0.3 is 5.11 Å². The second-order valence-electron chi connectivity index (χ2n) is 5.24. The predicted octanol–water partition coefficient (Wildman–Crippen LogP) is 1.74. The molecule has 106 valence electrons. The van der Waals surface area contributed by atoms with Gasteiger partial charge in [0.05, 0.1) is 5.75 Å². The van der Waals surface area contributed by atoms with Crippen molar-refractivity contribution in [2.45, 2.75) is 57.9 Å². The Morgan fingerprint density at radius 2 is 2.00 bits per heavy atom. The summed E-state index contributed by atoms with van der Waals surface area (Å²) in [5.74, 6) is -0.370. The van der Waals surface area contributed by atoms with Crippen LogP contribution >= 0.6 is 0 Å². The van der Waals surface area contributed by atoms with Crippen LogP contribution in [0.4, 0.5) is 0 Å². The third kappa shape index (κ3) is 6.35. The van der Waals surface area contributed by atoms with E-state index in [2.05, 4.69) is 11.6 Å². The summed E-state index contributed by atoms with van der Waals surface area (Å²) in [5.41, 5.74) is 0. The van der Waals surface area contributed by atoms with Crippen LogP contribution in [0.5, 0.6) is 0 Å². The molecule has 6 heteroatoms. The molecule has 5 nitrogen and oxygen atoms in total. The van der Waals surface area contributed by atoms with Crippen molar-refractivity contribution in [3.8, 4) is 0 Å². The van der Waals surface area contributed by atoms with Crippen molar-refractivity contribution in [3.05, 3.63) is 0 Å². The molecule has 0 heterocycles. The topological polar surface area (TPSA) is 83.5 Å². The number of rotatable bonds is 6. The fraction of sp³-hybridized carbons (Fsp3) is 0.917. The number of carboxylic acid groups (broad SMARTS) is 1. The summed E-state index contributed by atoms with van der Waals surface area (Å²) in [7, 11) is -3.32. The minimum atomic E-state index is -3.32. The molecule has 2 atom stereocenters. The largest absolute Gasteiger partial charge is 0.481 e. The standard InChI is InChI=1S/C12H23NO4S/c1-10-4-2-5-11(8-7-10)13-18(16,17)9-3-6-12(14)15/h10-11,13H,2-9H2,1H3,(H,14,15). The zero-order chi connectivity index (χ0) is 13.6. The highest BCUT2D eigenvalue weighted by Gasteiger charge is 2.21. The number of carboxylic acids is 1. The molecule has 0 spiro atoms. The number of hydrogen-bond acceptors (Lipinski definition) is 3. The number of hydrogen-bond donors (Lipinski definition) is 2. The van der Waals surface area contributed by atoms with E-state index in [9.17, 15) is 13.2 Å². The van der Waals surface area contributed by atoms with Crippen LogP contribution in [-0.2, 0) is 14.8 Å². The lowest BCUT2D eigenvalue weighted by molar-refractivity contribution is -0.137. The summed E-state index contributed by atoms with van der Waals surface area (Å²) < 4.78 is 26.2. The predicted molar refractivity (Wildman–Crippen MR) is 69.8 cm³/mol. The SMILES string of the molecule is CC1CCCC(NS(=O)(=O)CCCC(=O)O)CC1. The molecule has 0 saturated heterocycles. The van der Waals surface area contributed by atoms with Gasteiger partial charge in [0.25, 0.3) is 0 Å². The maximum Gasteiger partial charge on any atom is 0.303 e. The van der Waals surface area contributed by atoms with Crippen molar-refractivity contribution in [2.24, 2.45) is 5.92 Å². The molecular weight excluding hydrogens is 254 g/mol. The van der Waals surface area contributed by atoms with Gasteiger partial charge in [-0.15, -0.1) is 0 Å². The van der Waals surface area contributed by atoms with E-state index in [0.717, 1.165) is 32.1 Å². The Morgan fingerprint density at radius 1 is 1.28 bits per heavy atom. The molecule has 1 aliphatic carbocycles. The van der Waals surface area contributed by atoms with Gasteiger partial charge in [-0.05, 0) is 31.6 Å². The zero-order valence-electron chi connectivity index (χ0n) is 10.9. The van der Waals surface area contributed by atoms with Gasteiger partial charge in [-0.3, -0.25) is 4.79 Å². The van der Waals surface area contributed by atoms with Crippen LogP contribution in [0, 0.1) is 5.92 Å². The highest BCUT2D eigenvalue weighted by Crippen LogP contribution is 2.23. The van der Waals surface area contributed by atoms with Crippen molar-refractivity contribution < 1.29 is 18.3 Å². The highest BCUT2D eigenvalue weighted by atomic mass is 32.2. The third-order valence-electron chi connectivity index (χ3n) is 3.41. The van der Waals surface area contributed by atoms with Gasteiger partial charge in [0.15, 0.2) is 0 Å². The third-order valence-corrected chi connectivity index (χ3v) is 4.93. The molecule has 0 aromatic carbocycles. The Labute approximate surface area is 109 Å².